The Bertz CT molecular complexity index is 324. The second-order valence-corrected chi connectivity index (χ2v) is 3.02. The highest BCUT2D eigenvalue weighted by Crippen LogP contribution is 2.23. The molecular formula is C7H9AlFNO3. The molecule has 1 unspecified atom stereocenters. The summed E-state index contributed by atoms with van der Waals surface area (Å²) in [7, 11) is 0. The smallest absolute Gasteiger partial charge is 0.499 e. The van der Waals surface area contributed by atoms with E-state index in [0.717, 1.165) is 0 Å². The van der Waals surface area contributed by atoms with Crippen molar-refractivity contribution in [1.29, 1.82) is 0 Å². The van der Waals surface area contributed by atoms with Gasteiger partial charge in [0.25, 0.3) is 0 Å². The third kappa shape index (κ3) is 1.90. The molecule has 0 amide bonds. The molecule has 1 aromatic heterocycles. The molecule has 1 aromatic rings. The first kappa shape index (κ1) is 10.2. The predicted molar refractivity (Wildman–Crippen MR) is 44.7 cm³/mol. The average Bonchev–Trinajstić information content (AvgIpc) is 2.46. The predicted octanol–water partition coefficient (Wildman–Crippen LogP) is 0.718. The summed E-state index contributed by atoms with van der Waals surface area (Å²) in [4.78, 5) is 11.2. The van der Waals surface area contributed by atoms with Crippen LogP contribution in [-0.4, -0.2) is 27.7 Å². The largest absolute Gasteiger partial charge is 0.618 e. The first-order chi connectivity index (χ1) is 6.07. The van der Waals surface area contributed by atoms with Gasteiger partial charge in [-0.2, -0.15) is 0 Å². The van der Waals surface area contributed by atoms with Gasteiger partial charge in [-0.15, -0.1) is 0 Å². The van der Waals surface area contributed by atoms with E-state index in [1.165, 1.54) is 6.92 Å². The van der Waals surface area contributed by atoms with Crippen LogP contribution in [0.5, 0.6) is 0 Å². The molecule has 0 spiro atoms. The summed E-state index contributed by atoms with van der Waals surface area (Å²) < 4.78 is 22.1. The molecule has 0 radical (unpaired) electrons. The van der Waals surface area contributed by atoms with Gasteiger partial charge in [-0.25, -0.2) is 9.18 Å². The first-order valence-corrected chi connectivity index (χ1v) is 4.58. The van der Waals surface area contributed by atoms with Crippen molar-refractivity contribution in [2.45, 2.75) is 20.0 Å². The Balaban J connectivity index is 3.16. The molecular weight excluding hydrogens is 192 g/mol. The average molecular weight is 201 g/mol. The van der Waals surface area contributed by atoms with Crippen LogP contribution in [0.2, 0.25) is 0 Å². The van der Waals surface area contributed by atoms with Crippen molar-refractivity contribution >= 4 is 22.6 Å². The van der Waals surface area contributed by atoms with Crippen molar-refractivity contribution in [2.24, 2.45) is 0 Å². The third-order valence-corrected chi connectivity index (χ3v) is 2.01. The second-order valence-electron chi connectivity index (χ2n) is 2.61. The Labute approximate surface area is 82.8 Å². The number of aryl methyl sites for hydroxylation is 1. The molecule has 0 aliphatic rings. The maximum atomic E-state index is 12.9. The van der Waals surface area contributed by atoms with Gasteiger partial charge in [0.2, 0.25) is 0 Å². The number of carbonyl (C=O) groups is 1. The van der Waals surface area contributed by atoms with E-state index in [1.807, 2.05) is 0 Å². The van der Waals surface area contributed by atoms with Crippen molar-refractivity contribution in [1.82, 2.24) is 5.16 Å². The van der Waals surface area contributed by atoms with Crippen LogP contribution in [0.15, 0.2) is 4.52 Å². The third-order valence-electron chi connectivity index (χ3n) is 1.64. The van der Waals surface area contributed by atoms with Gasteiger partial charge in [0.15, 0.2) is 11.9 Å². The number of alkyl halides is 1. The van der Waals surface area contributed by atoms with Crippen LogP contribution in [0.25, 0.3) is 0 Å². The van der Waals surface area contributed by atoms with Gasteiger partial charge in [-0.05, 0) is 13.8 Å². The summed E-state index contributed by atoms with van der Waals surface area (Å²) in [5.41, 5.74) is 0.477. The first-order valence-electron chi connectivity index (χ1n) is 3.76. The molecule has 0 aromatic carbocycles. The lowest BCUT2D eigenvalue weighted by Crippen LogP contribution is -2.06. The molecule has 0 aliphatic heterocycles. The number of aromatic nitrogens is 1. The lowest BCUT2D eigenvalue weighted by atomic mass is 10.1. The number of hydrogen-bond acceptors (Lipinski definition) is 4. The van der Waals surface area contributed by atoms with Crippen molar-refractivity contribution in [3.63, 3.8) is 0 Å². The van der Waals surface area contributed by atoms with Crippen molar-refractivity contribution in [3.8, 4) is 0 Å². The lowest BCUT2D eigenvalue weighted by Gasteiger charge is -2.01. The molecule has 13 heavy (non-hydrogen) atoms. The van der Waals surface area contributed by atoms with Crippen molar-refractivity contribution < 1.29 is 17.5 Å². The minimum atomic E-state index is -1.35. The second kappa shape index (κ2) is 3.90. The van der Waals surface area contributed by atoms with E-state index < -0.39 is 12.1 Å². The molecule has 1 heterocycles. The monoisotopic (exact) mass is 201 g/mol. The van der Waals surface area contributed by atoms with Crippen LogP contribution in [0.3, 0.4) is 0 Å². The van der Waals surface area contributed by atoms with E-state index in [-0.39, 0.29) is 27.9 Å². The van der Waals surface area contributed by atoms with Crippen LogP contribution in [0, 0.1) is 6.92 Å². The molecule has 0 aliphatic carbocycles. The minimum absolute atomic E-state index is 0.0571. The Hall–Kier alpha value is -0.858. The summed E-state index contributed by atoms with van der Waals surface area (Å²) in [5.74, 6) is -0.622. The quantitative estimate of drug-likeness (QED) is 0.661. The van der Waals surface area contributed by atoms with Gasteiger partial charge in [0, 0.05) is 0 Å². The zero-order valence-electron chi connectivity index (χ0n) is 7.63. The molecule has 0 saturated heterocycles. The van der Waals surface area contributed by atoms with Gasteiger partial charge in [-0.1, -0.05) is 5.16 Å². The van der Waals surface area contributed by atoms with Crippen molar-refractivity contribution in [3.05, 3.63) is 17.0 Å². The highest BCUT2D eigenvalue weighted by Gasteiger charge is 2.24. The Morgan fingerprint density at radius 1 is 1.77 bits per heavy atom. The number of nitrogens with zero attached hydrogens (tertiary/aromatic N) is 1. The molecule has 0 N–H and O–H groups in total. The summed E-state index contributed by atoms with van der Waals surface area (Å²) in [6, 6.07) is 0. The Kier molecular flexibility index (Phi) is 3.07. The van der Waals surface area contributed by atoms with Crippen LogP contribution in [0.1, 0.15) is 34.9 Å². The van der Waals surface area contributed by atoms with E-state index in [9.17, 15) is 9.18 Å². The summed E-state index contributed by atoms with van der Waals surface area (Å²) in [6.07, 6.45) is -1.35. The zero-order chi connectivity index (χ0) is 10.0. The highest BCUT2D eigenvalue weighted by molar-refractivity contribution is 6.10. The lowest BCUT2D eigenvalue weighted by molar-refractivity contribution is 0.0743. The maximum Gasteiger partial charge on any atom is 0.499 e. The Morgan fingerprint density at radius 3 is 2.85 bits per heavy atom. The van der Waals surface area contributed by atoms with E-state index in [0.29, 0.717) is 5.69 Å². The summed E-state index contributed by atoms with van der Waals surface area (Å²) in [5, 5.41) is 3.51. The molecule has 6 heteroatoms. The van der Waals surface area contributed by atoms with Gasteiger partial charge in [0.05, 0.1) is 5.69 Å². The fraction of sp³-hybridized carbons (Fsp3) is 0.429. The van der Waals surface area contributed by atoms with Crippen molar-refractivity contribution in [2.75, 3.05) is 0 Å². The zero-order valence-corrected chi connectivity index (χ0v) is 9.63. The van der Waals surface area contributed by atoms with Crippen LogP contribution in [0.4, 0.5) is 4.39 Å². The van der Waals surface area contributed by atoms with Gasteiger partial charge in [0.1, 0.15) is 5.56 Å². The van der Waals surface area contributed by atoms with Crippen LogP contribution < -0.4 is 0 Å². The molecule has 0 fully saturated rings. The fourth-order valence-corrected chi connectivity index (χ4v) is 1.21. The number of carbonyl (C=O) groups excluding carboxylic acids is 1. The van der Waals surface area contributed by atoms with E-state index in [2.05, 4.69) is 13.5 Å². The van der Waals surface area contributed by atoms with Crippen LogP contribution in [-0.2, 0) is 3.79 Å². The summed E-state index contributed by atoms with van der Waals surface area (Å²) >= 11 is 0.269. The molecule has 0 bridgehead atoms. The SMILES string of the molecule is Cc1noc(C(C)F)c1C(=O)[O][AlH2]. The molecule has 1 atom stereocenters. The van der Waals surface area contributed by atoms with Gasteiger partial charge >= 0.3 is 22.6 Å². The van der Waals surface area contributed by atoms with Gasteiger partial charge in [-0.3, -0.25) is 0 Å². The van der Waals surface area contributed by atoms with E-state index >= 15 is 0 Å². The van der Waals surface area contributed by atoms with E-state index in [4.69, 9.17) is 0 Å². The minimum Gasteiger partial charge on any atom is -0.618 e. The molecule has 0 saturated carbocycles. The normalized spacial score (nSPS) is 12.5. The fourth-order valence-electron chi connectivity index (χ4n) is 1.01. The molecule has 70 valence electrons. The standard InChI is InChI=1S/C7H8FNO3.Al.2H/c1-3(8)6-5(7(10)11)4(2)9-12-6;;;/h3H,1-2H3,(H,10,11);;;/q;+1;;/p-1. The number of rotatable bonds is 2. The van der Waals surface area contributed by atoms with Gasteiger partial charge < -0.3 is 8.31 Å². The van der Waals surface area contributed by atoms with Crippen LogP contribution >= 0.6 is 0 Å². The topological polar surface area (TPSA) is 52.3 Å². The molecule has 4 nitrogen and oxygen atoms in total. The number of halogens is 1. The summed E-state index contributed by atoms with van der Waals surface area (Å²) in [6.45, 7) is 2.85. The maximum absolute atomic E-state index is 12.9. The highest BCUT2D eigenvalue weighted by atomic mass is 27.1. The molecule has 1 rings (SSSR count). The number of hydrogen-bond donors (Lipinski definition) is 0. The van der Waals surface area contributed by atoms with E-state index in [1.54, 1.807) is 6.92 Å². The Morgan fingerprint density at radius 2 is 2.38 bits per heavy atom.